The number of carbonyl (C=O) groups excluding carboxylic acids is 2. The number of halogens is 1. The van der Waals surface area contributed by atoms with Crippen LogP contribution in [0.2, 0.25) is 0 Å². The minimum atomic E-state index is -0.581. The molecule has 1 N–H and O–H groups in total. The second-order valence-electron chi connectivity index (χ2n) is 8.06. The Morgan fingerprint density at radius 3 is 2.29 bits per heavy atom. The molecule has 0 aromatic heterocycles. The van der Waals surface area contributed by atoms with Gasteiger partial charge in [0, 0.05) is 41.1 Å². The van der Waals surface area contributed by atoms with E-state index >= 15 is 0 Å². The molecule has 0 aliphatic rings. The van der Waals surface area contributed by atoms with Crippen molar-refractivity contribution in [1.29, 1.82) is 0 Å². The number of rotatable bonds is 12. The molecule has 0 bridgehead atoms. The average Bonchev–Trinajstić information content (AvgIpc) is 2.86. The van der Waals surface area contributed by atoms with Gasteiger partial charge in [0.2, 0.25) is 11.8 Å². The van der Waals surface area contributed by atoms with Crippen molar-refractivity contribution in [1.82, 2.24) is 10.2 Å². The summed E-state index contributed by atoms with van der Waals surface area (Å²) in [6.07, 6.45) is 1.68. The first kappa shape index (κ1) is 26.0. The Hall–Kier alpha value is -2.57. The molecule has 3 aromatic carbocycles. The monoisotopic (exact) mass is 538 g/mol. The van der Waals surface area contributed by atoms with Crippen LogP contribution in [0.15, 0.2) is 94.3 Å². The topological polar surface area (TPSA) is 49.4 Å². The Labute approximate surface area is 215 Å². The lowest BCUT2D eigenvalue weighted by molar-refractivity contribution is -0.141. The van der Waals surface area contributed by atoms with E-state index in [0.29, 0.717) is 31.7 Å². The summed E-state index contributed by atoms with van der Waals surface area (Å²) in [7, 11) is 0. The summed E-state index contributed by atoms with van der Waals surface area (Å²) >= 11 is 5.18. The van der Waals surface area contributed by atoms with Crippen molar-refractivity contribution in [2.45, 2.75) is 43.7 Å². The highest BCUT2D eigenvalue weighted by Gasteiger charge is 2.30. The molecule has 0 saturated carbocycles. The molecule has 0 radical (unpaired) electrons. The van der Waals surface area contributed by atoms with Gasteiger partial charge in [0.1, 0.15) is 6.04 Å². The fraction of sp³-hybridized carbons (Fsp3) is 0.286. The molecule has 0 aliphatic carbocycles. The van der Waals surface area contributed by atoms with Crippen molar-refractivity contribution in [2.75, 3.05) is 12.3 Å². The lowest BCUT2D eigenvalue weighted by atomic mass is 10.0. The highest BCUT2D eigenvalue weighted by Crippen LogP contribution is 2.21. The Bertz CT molecular complexity index is 1050. The smallest absolute Gasteiger partial charge is 0.243 e. The van der Waals surface area contributed by atoms with E-state index in [9.17, 15) is 9.59 Å². The molecule has 34 heavy (non-hydrogen) atoms. The van der Waals surface area contributed by atoms with E-state index in [2.05, 4.69) is 21.2 Å². The zero-order valence-corrected chi connectivity index (χ0v) is 21.9. The summed E-state index contributed by atoms with van der Waals surface area (Å²) in [5.74, 6) is 0.535. The number of hydrogen-bond donors (Lipinski definition) is 1. The summed E-state index contributed by atoms with van der Waals surface area (Å²) in [6.45, 7) is 3.00. The molecule has 3 aromatic rings. The molecule has 6 heteroatoms. The predicted molar refractivity (Wildman–Crippen MR) is 144 cm³/mol. The Balaban J connectivity index is 1.83. The second kappa shape index (κ2) is 14.0. The molecular weight excluding hydrogens is 508 g/mol. The summed E-state index contributed by atoms with van der Waals surface area (Å²) in [4.78, 5) is 29.7. The molecule has 1 atom stereocenters. The van der Waals surface area contributed by atoms with Crippen LogP contribution >= 0.6 is 27.7 Å². The van der Waals surface area contributed by atoms with Crippen LogP contribution in [-0.4, -0.2) is 35.1 Å². The highest BCUT2D eigenvalue weighted by atomic mass is 79.9. The number of amides is 2. The van der Waals surface area contributed by atoms with Crippen molar-refractivity contribution in [3.05, 3.63) is 101 Å². The van der Waals surface area contributed by atoms with E-state index in [1.807, 2.05) is 91.9 Å². The van der Waals surface area contributed by atoms with Crippen molar-refractivity contribution < 1.29 is 9.59 Å². The molecule has 178 valence electrons. The van der Waals surface area contributed by atoms with E-state index in [-0.39, 0.29) is 11.8 Å². The Morgan fingerprint density at radius 2 is 1.62 bits per heavy atom. The summed E-state index contributed by atoms with van der Waals surface area (Å²) in [6, 6.07) is 27.3. The van der Waals surface area contributed by atoms with Gasteiger partial charge in [0.25, 0.3) is 0 Å². The fourth-order valence-corrected chi connectivity index (χ4v) is 4.98. The van der Waals surface area contributed by atoms with Gasteiger partial charge >= 0.3 is 0 Å². The average molecular weight is 540 g/mol. The Morgan fingerprint density at radius 1 is 0.941 bits per heavy atom. The minimum Gasteiger partial charge on any atom is -0.354 e. The maximum Gasteiger partial charge on any atom is 0.243 e. The first-order valence-corrected chi connectivity index (χ1v) is 13.4. The van der Waals surface area contributed by atoms with Gasteiger partial charge in [-0.25, -0.2) is 0 Å². The van der Waals surface area contributed by atoms with Crippen LogP contribution in [0.1, 0.15) is 30.9 Å². The molecular formula is C28H31BrN2O2S. The lowest BCUT2D eigenvalue weighted by Gasteiger charge is -2.31. The van der Waals surface area contributed by atoms with Gasteiger partial charge in [-0.15, -0.1) is 11.8 Å². The standard InChI is InChI=1S/C28H31BrN2O2S/c1-2-17-30-28(33)26(20-22-10-5-3-6-11-22)31(21-23-12-9-13-24(29)19-23)27(32)16-18-34-25-14-7-4-8-15-25/h3-15,19,26H,2,16-18,20-21H2,1H3,(H,30,33)/t26-/m0/s1. The van der Waals surface area contributed by atoms with Gasteiger partial charge in [-0.1, -0.05) is 83.5 Å². The third-order valence-electron chi connectivity index (χ3n) is 5.39. The molecule has 0 unspecified atom stereocenters. The fourth-order valence-electron chi connectivity index (χ4n) is 3.67. The van der Waals surface area contributed by atoms with Crippen LogP contribution in [0, 0.1) is 0 Å². The molecule has 0 heterocycles. The quantitative estimate of drug-likeness (QED) is 0.283. The molecule has 2 amide bonds. The SMILES string of the molecule is CCCNC(=O)[C@H](Cc1ccccc1)N(Cc1cccc(Br)c1)C(=O)CCSc1ccccc1. The molecule has 0 aliphatic heterocycles. The zero-order chi connectivity index (χ0) is 24.2. The van der Waals surface area contributed by atoms with E-state index in [4.69, 9.17) is 0 Å². The van der Waals surface area contributed by atoms with Crippen molar-refractivity contribution in [3.63, 3.8) is 0 Å². The maximum atomic E-state index is 13.6. The molecule has 0 saturated heterocycles. The van der Waals surface area contributed by atoms with Crippen LogP contribution < -0.4 is 5.32 Å². The molecule has 3 rings (SSSR count). The van der Waals surface area contributed by atoms with E-state index in [1.54, 1.807) is 16.7 Å². The van der Waals surface area contributed by atoms with Crippen molar-refractivity contribution in [3.8, 4) is 0 Å². The summed E-state index contributed by atoms with van der Waals surface area (Å²) in [5.41, 5.74) is 2.02. The van der Waals surface area contributed by atoms with Crippen molar-refractivity contribution >= 4 is 39.5 Å². The second-order valence-corrected chi connectivity index (χ2v) is 10.1. The van der Waals surface area contributed by atoms with Crippen LogP contribution in [0.3, 0.4) is 0 Å². The predicted octanol–water partition coefficient (Wildman–Crippen LogP) is 6.10. The minimum absolute atomic E-state index is 0.0176. The third kappa shape index (κ3) is 8.33. The number of nitrogens with zero attached hydrogens (tertiary/aromatic N) is 1. The normalized spacial score (nSPS) is 11.6. The third-order valence-corrected chi connectivity index (χ3v) is 6.90. The number of hydrogen-bond acceptors (Lipinski definition) is 3. The summed E-state index contributed by atoms with van der Waals surface area (Å²) in [5, 5.41) is 3.02. The number of nitrogens with one attached hydrogen (secondary N) is 1. The van der Waals surface area contributed by atoms with Crippen LogP contribution in [0.4, 0.5) is 0 Å². The van der Waals surface area contributed by atoms with Gasteiger partial charge in [-0.3, -0.25) is 9.59 Å². The number of thioether (sulfide) groups is 1. The van der Waals surface area contributed by atoms with Crippen molar-refractivity contribution in [2.24, 2.45) is 0 Å². The largest absolute Gasteiger partial charge is 0.354 e. The maximum absolute atomic E-state index is 13.6. The lowest BCUT2D eigenvalue weighted by Crippen LogP contribution is -2.50. The number of carbonyl (C=O) groups is 2. The highest BCUT2D eigenvalue weighted by molar-refractivity contribution is 9.10. The van der Waals surface area contributed by atoms with Gasteiger partial charge in [0.05, 0.1) is 0 Å². The van der Waals surface area contributed by atoms with Crippen LogP contribution in [-0.2, 0) is 22.6 Å². The van der Waals surface area contributed by atoms with E-state index in [1.165, 1.54) is 0 Å². The van der Waals surface area contributed by atoms with Gasteiger partial charge in [-0.05, 0) is 41.8 Å². The molecule has 0 spiro atoms. The van der Waals surface area contributed by atoms with Gasteiger partial charge < -0.3 is 10.2 Å². The first-order valence-electron chi connectivity index (χ1n) is 11.6. The van der Waals surface area contributed by atoms with Gasteiger partial charge in [0.15, 0.2) is 0 Å². The molecule has 0 fully saturated rings. The van der Waals surface area contributed by atoms with E-state index < -0.39 is 6.04 Å². The van der Waals surface area contributed by atoms with Crippen LogP contribution in [0.5, 0.6) is 0 Å². The first-order chi connectivity index (χ1) is 16.6. The van der Waals surface area contributed by atoms with Crippen LogP contribution in [0.25, 0.3) is 0 Å². The van der Waals surface area contributed by atoms with Gasteiger partial charge in [-0.2, -0.15) is 0 Å². The number of benzene rings is 3. The molecule has 4 nitrogen and oxygen atoms in total. The van der Waals surface area contributed by atoms with E-state index in [0.717, 1.165) is 26.9 Å². The summed E-state index contributed by atoms with van der Waals surface area (Å²) < 4.78 is 0.951. The Kier molecular flexibility index (Phi) is 10.7. The zero-order valence-electron chi connectivity index (χ0n) is 19.5.